The summed E-state index contributed by atoms with van der Waals surface area (Å²) in [6, 6.07) is 5.02. The lowest BCUT2D eigenvalue weighted by Gasteiger charge is -2.14. The normalized spacial score (nSPS) is 15.2. The van der Waals surface area contributed by atoms with Crippen LogP contribution in [0.4, 0.5) is 0 Å². The smallest absolute Gasteiger partial charge is 0.264 e. The summed E-state index contributed by atoms with van der Waals surface area (Å²) in [5, 5.41) is 0. The van der Waals surface area contributed by atoms with Crippen molar-refractivity contribution < 1.29 is 22.7 Å². The first kappa shape index (κ1) is 17.9. The quantitative estimate of drug-likeness (QED) is 0.723. The molecule has 6 nitrogen and oxygen atoms in total. The van der Waals surface area contributed by atoms with Crippen molar-refractivity contribution >= 4 is 15.9 Å². The van der Waals surface area contributed by atoms with Crippen LogP contribution in [0.3, 0.4) is 0 Å². The Bertz CT molecular complexity index is 656. The number of amides is 1. The highest BCUT2D eigenvalue weighted by molar-refractivity contribution is 7.90. The van der Waals surface area contributed by atoms with Gasteiger partial charge in [0, 0.05) is 6.61 Å². The van der Waals surface area contributed by atoms with Crippen LogP contribution >= 0.6 is 0 Å². The summed E-state index contributed by atoms with van der Waals surface area (Å²) < 4.78 is 37.1. The lowest BCUT2D eigenvalue weighted by Crippen LogP contribution is -2.39. The van der Waals surface area contributed by atoms with Crippen LogP contribution < -0.4 is 4.72 Å². The summed E-state index contributed by atoms with van der Waals surface area (Å²) in [6.07, 6.45) is 2.03. The first-order valence-electron chi connectivity index (χ1n) is 7.82. The first-order chi connectivity index (χ1) is 10.9. The van der Waals surface area contributed by atoms with Crippen LogP contribution in [0.5, 0.6) is 0 Å². The first-order valence-corrected chi connectivity index (χ1v) is 9.30. The number of ether oxygens (including phenoxy) is 2. The third-order valence-corrected chi connectivity index (χ3v) is 5.13. The largest absolute Gasteiger partial charge is 0.379 e. The molecule has 1 unspecified atom stereocenters. The molecule has 23 heavy (non-hydrogen) atoms. The molecule has 128 valence electrons. The highest BCUT2D eigenvalue weighted by Crippen LogP contribution is 2.24. The molecule has 2 rings (SSSR count). The van der Waals surface area contributed by atoms with E-state index in [1.807, 2.05) is 13.0 Å². The molecule has 1 aliphatic carbocycles. The summed E-state index contributed by atoms with van der Waals surface area (Å²) in [4.78, 5) is 12.1. The van der Waals surface area contributed by atoms with Crippen molar-refractivity contribution in [3.8, 4) is 0 Å². The lowest BCUT2D eigenvalue weighted by molar-refractivity contribution is -0.130. The number of benzene rings is 1. The van der Waals surface area contributed by atoms with Gasteiger partial charge in [0.1, 0.15) is 6.10 Å². The summed E-state index contributed by atoms with van der Waals surface area (Å²) in [5.74, 6) is -0.679. The van der Waals surface area contributed by atoms with E-state index in [2.05, 4.69) is 4.72 Å². The Balaban J connectivity index is 1.96. The number of aryl methyl sites for hydroxylation is 2. The number of hydrogen-bond acceptors (Lipinski definition) is 5. The highest BCUT2D eigenvalue weighted by atomic mass is 32.2. The van der Waals surface area contributed by atoms with Gasteiger partial charge in [-0.3, -0.25) is 4.79 Å². The Morgan fingerprint density at radius 1 is 1.26 bits per heavy atom. The number of rotatable bonds is 8. The van der Waals surface area contributed by atoms with Crippen molar-refractivity contribution in [1.29, 1.82) is 0 Å². The van der Waals surface area contributed by atoms with E-state index in [4.69, 9.17) is 9.47 Å². The van der Waals surface area contributed by atoms with Crippen LogP contribution in [0.1, 0.15) is 31.4 Å². The predicted octanol–water partition coefficient (Wildman–Crippen LogP) is 1.42. The lowest BCUT2D eigenvalue weighted by atomic mass is 10.1. The standard InChI is InChI=1S/C16H23NO5S/c1-3-21-9-10-22-12(2)16(18)17-23(19,20)15-8-7-13-5-4-6-14(13)11-15/h7-8,11-12H,3-6,9-10H2,1-2H3,(H,17,18). The Labute approximate surface area is 137 Å². The summed E-state index contributed by atoms with van der Waals surface area (Å²) in [7, 11) is -3.87. The number of hydrogen-bond donors (Lipinski definition) is 1. The van der Waals surface area contributed by atoms with Crippen LogP contribution in [0.15, 0.2) is 23.1 Å². The molecule has 0 fully saturated rings. The van der Waals surface area contributed by atoms with E-state index in [0.29, 0.717) is 13.2 Å². The Hall–Kier alpha value is -1.44. The molecule has 1 atom stereocenters. The fourth-order valence-corrected chi connectivity index (χ4v) is 3.59. The maximum atomic E-state index is 12.3. The second kappa shape index (κ2) is 7.90. The molecule has 0 heterocycles. The van der Waals surface area contributed by atoms with Gasteiger partial charge in [0.2, 0.25) is 0 Å². The molecule has 1 aromatic rings. The molecule has 0 aromatic heterocycles. The van der Waals surface area contributed by atoms with Gasteiger partial charge in [0.05, 0.1) is 18.1 Å². The average molecular weight is 341 g/mol. The maximum absolute atomic E-state index is 12.3. The fraction of sp³-hybridized carbons (Fsp3) is 0.562. The van der Waals surface area contributed by atoms with Gasteiger partial charge in [-0.15, -0.1) is 0 Å². The van der Waals surface area contributed by atoms with Gasteiger partial charge < -0.3 is 9.47 Å². The van der Waals surface area contributed by atoms with Gasteiger partial charge >= 0.3 is 0 Å². The maximum Gasteiger partial charge on any atom is 0.264 e. The molecule has 0 aliphatic heterocycles. The van der Waals surface area contributed by atoms with Crippen molar-refractivity contribution in [3.05, 3.63) is 29.3 Å². The van der Waals surface area contributed by atoms with Crippen LogP contribution in [0.2, 0.25) is 0 Å². The number of carbonyl (C=O) groups excluding carboxylic acids is 1. The van der Waals surface area contributed by atoms with E-state index in [1.165, 1.54) is 12.5 Å². The highest BCUT2D eigenvalue weighted by Gasteiger charge is 2.23. The zero-order chi connectivity index (χ0) is 16.9. The fourth-order valence-electron chi connectivity index (χ4n) is 2.49. The third-order valence-electron chi connectivity index (χ3n) is 3.78. The van der Waals surface area contributed by atoms with E-state index in [9.17, 15) is 13.2 Å². The molecule has 0 spiro atoms. The molecule has 7 heteroatoms. The Morgan fingerprint density at radius 3 is 2.74 bits per heavy atom. The van der Waals surface area contributed by atoms with Crippen molar-refractivity contribution in [2.75, 3.05) is 19.8 Å². The van der Waals surface area contributed by atoms with Crippen molar-refractivity contribution in [1.82, 2.24) is 4.72 Å². The van der Waals surface area contributed by atoms with E-state index >= 15 is 0 Å². The number of fused-ring (bicyclic) bond motifs is 1. The van der Waals surface area contributed by atoms with Gasteiger partial charge in [-0.05, 0) is 56.4 Å². The summed E-state index contributed by atoms with van der Waals surface area (Å²) >= 11 is 0. The van der Waals surface area contributed by atoms with Crippen molar-refractivity contribution in [2.24, 2.45) is 0 Å². The molecule has 1 N–H and O–H groups in total. The molecule has 0 saturated heterocycles. The number of nitrogens with one attached hydrogen (secondary N) is 1. The Kier molecular flexibility index (Phi) is 6.15. The predicted molar refractivity (Wildman–Crippen MR) is 85.7 cm³/mol. The minimum absolute atomic E-state index is 0.119. The van der Waals surface area contributed by atoms with Crippen LogP contribution in [0, 0.1) is 0 Å². The van der Waals surface area contributed by atoms with Crippen molar-refractivity contribution in [2.45, 2.75) is 44.1 Å². The van der Waals surface area contributed by atoms with Gasteiger partial charge in [0.25, 0.3) is 15.9 Å². The van der Waals surface area contributed by atoms with Gasteiger partial charge in [0.15, 0.2) is 0 Å². The molecular formula is C16H23NO5S. The van der Waals surface area contributed by atoms with Gasteiger partial charge in [-0.25, -0.2) is 13.1 Å². The van der Waals surface area contributed by atoms with E-state index in [0.717, 1.165) is 24.8 Å². The average Bonchev–Trinajstić information content (AvgIpc) is 2.98. The van der Waals surface area contributed by atoms with E-state index < -0.39 is 22.0 Å². The molecular weight excluding hydrogens is 318 g/mol. The second-order valence-electron chi connectivity index (χ2n) is 5.46. The molecule has 1 amide bonds. The van der Waals surface area contributed by atoms with Crippen LogP contribution in [-0.4, -0.2) is 40.2 Å². The van der Waals surface area contributed by atoms with Gasteiger partial charge in [-0.2, -0.15) is 0 Å². The molecule has 0 radical (unpaired) electrons. The van der Waals surface area contributed by atoms with Gasteiger partial charge in [-0.1, -0.05) is 6.07 Å². The summed E-state index contributed by atoms with van der Waals surface area (Å²) in [5.41, 5.74) is 2.23. The van der Waals surface area contributed by atoms with E-state index in [-0.39, 0.29) is 11.5 Å². The monoisotopic (exact) mass is 341 g/mol. The van der Waals surface area contributed by atoms with Crippen LogP contribution in [-0.2, 0) is 37.1 Å². The van der Waals surface area contributed by atoms with E-state index in [1.54, 1.807) is 12.1 Å². The number of sulfonamides is 1. The minimum Gasteiger partial charge on any atom is -0.379 e. The third kappa shape index (κ3) is 4.76. The molecule has 1 aliphatic rings. The van der Waals surface area contributed by atoms with Crippen molar-refractivity contribution in [3.63, 3.8) is 0 Å². The topological polar surface area (TPSA) is 81.7 Å². The summed E-state index contributed by atoms with van der Waals surface area (Å²) in [6.45, 7) is 4.54. The SMILES string of the molecule is CCOCCOC(C)C(=O)NS(=O)(=O)c1ccc2c(c1)CCC2. The van der Waals surface area contributed by atoms with Crippen LogP contribution in [0.25, 0.3) is 0 Å². The molecule has 0 saturated carbocycles. The molecule has 1 aromatic carbocycles. The number of carbonyl (C=O) groups is 1. The Morgan fingerprint density at radius 2 is 2.00 bits per heavy atom. The minimum atomic E-state index is -3.87. The molecule has 0 bridgehead atoms. The zero-order valence-electron chi connectivity index (χ0n) is 13.5. The second-order valence-corrected chi connectivity index (χ2v) is 7.15. The zero-order valence-corrected chi connectivity index (χ0v) is 14.3.